The van der Waals surface area contributed by atoms with E-state index in [4.69, 9.17) is 5.21 Å². The average molecular weight is 105 g/mol. The summed E-state index contributed by atoms with van der Waals surface area (Å²) in [5.74, 6) is 0. The maximum atomic E-state index is 8.58. The summed E-state index contributed by atoms with van der Waals surface area (Å²) in [6.45, 7) is 0. The lowest BCUT2D eigenvalue weighted by Gasteiger charge is -2.18. The van der Waals surface area contributed by atoms with Gasteiger partial charge in [0, 0.05) is 21.1 Å². The number of hydrogen-bond acceptors (Lipinski definition) is 4. The van der Waals surface area contributed by atoms with E-state index in [-0.39, 0.29) is 0 Å². The molecular weight excluding hydrogens is 94.1 g/mol. The first-order chi connectivity index (χ1) is 3.18. The molecule has 2 N–H and O–H groups in total. The normalized spacial score (nSPS) is 11.1. The Kier molecular flexibility index (Phi) is 2.86. The Morgan fingerprint density at radius 2 is 1.86 bits per heavy atom. The molecule has 0 heterocycles. The molecule has 0 saturated heterocycles. The standard InChI is InChI=1S/C3H11N3O/c1-4-6(7)5(2)3/h4,7H,1-3H3. The smallest absolute Gasteiger partial charge is 0.00515 e. The molecule has 7 heavy (non-hydrogen) atoms. The summed E-state index contributed by atoms with van der Waals surface area (Å²) in [6.07, 6.45) is 0. The van der Waals surface area contributed by atoms with Crippen molar-refractivity contribution in [3.8, 4) is 0 Å². The molecule has 0 aromatic heterocycles. The van der Waals surface area contributed by atoms with Gasteiger partial charge in [0.15, 0.2) is 0 Å². The molecule has 0 aliphatic rings. The van der Waals surface area contributed by atoms with Gasteiger partial charge in [-0.05, 0) is 0 Å². The zero-order valence-electron chi connectivity index (χ0n) is 4.84. The van der Waals surface area contributed by atoms with E-state index < -0.39 is 0 Å². The third-order valence-electron chi connectivity index (χ3n) is 0.579. The highest BCUT2D eigenvalue weighted by molar-refractivity contribution is 4.14. The molecule has 0 aliphatic carbocycles. The van der Waals surface area contributed by atoms with Gasteiger partial charge in [0.2, 0.25) is 0 Å². The van der Waals surface area contributed by atoms with Gasteiger partial charge < -0.3 is 0 Å². The number of nitrogens with zero attached hydrogens (tertiary/aromatic N) is 2. The third kappa shape index (κ3) is 2.52. The van der Waals surface area contributed by atoms with Crippen LogP contribution in [0.4, 0.5) is 0 Å². The van der Waals surface area contributed by atoms with E-state index in [0.29, 0.717) is 0 Å². The molecule has 0 atom stereocenters. The van der Waals surface area contributed by atoms with Crippen molar-refractivity contribution in [3.05, 3.63) is 0 Å². The van der Waals surface area contributed by atoms with Gasteiger partial charge in [0.05, 0.1) is 0 Å². The summed E-state index contributed by atoms with van der Waals surface area (Å²) < 4.78 is 0. The Labute approximate surface area is 43.2 Å². The van der Waals surface area contributed by atoms with E-state index >= 15 is 0 Å². The summed E-state index contributed by atoms with van der Waals surface area (Å²) in [6, 6.07) is 0. The number of nitrogens with one attached hydrogen (secondary N) is 1. The van der Waals surface area contributed by atoms with Gasteiger partial charge in [-0.1, -0.05) is 5.28 Å². The Morgan fingerprint density at radius 1 is 1.43 bits per heavy atom. The topological polar surface area (TPSA) is 38.7 Å². The van der Waals surface area contributed by atoms with Crippen molar-refractivity contribution in [2.75, 3.05) is 21.1 Å². The molecule has 0 aromatic rings. The Hall–Kier alpha value is -0.160. The summed E-state index contributed by atoms with van der Waals surface area (Å²) in [5, 5.41) is 11.0. The highest BCUT2D eigenvalue weighted by Gasteiger charge is 1.93. The zero-order valence-corrected chi connectivity index (χ0v) is 4.84. The van der Waals surface area contributed by atoms with Crippen molar-refractivity contribution in [1.82, 2.24) is 15.7 Å². The monoisotopic (exact) mass is 105 g/mol. The van der Waals surface area contributed by atoms with E-state index in [1.807, 2.05) is 0 Å². The third-order valence-corrected chi connectivity index (χ3v) is 0.579. The second-order valence-electron chi connectivity index (χ2n) is 1.36. The lowest BCUT2D eigenvalue weighted by atomic mass is 11.2. The quantitative estimate of drug-likeness (QED) is 0.455. The first-order valence-corrected chi connectivity index (χ1v) is 2.02. The van der Waals surface area contributed by atoms with Gasteiger partial charge in [0.25, 0.3) is 0 Å². The predicted octanol–water partition coefficient (Wildman–Crippen LogP) is -0.711. The van der Waals surface area contributed by atoms with Crippen LogP contribution in [0.5, 0.6) is 0 Å². The summed E-state index contributed by atoms with van der Waals surface area (Å²) in [5.41, 5.74) is 2.48. The lowest BCUT2D eigenvalue weighted by Crippen LogP contribution is -2.42. The Morgan fingerprint density at radius 3 is 1.86 bits per heavy atom. The largest absolute Gasteiger partial charge is 0.285 e. The van der Waals surface area contributed by atoms with E-state index in [1.165, 1.54) is 5.01 Å². The zero-order chi connectivity index (χ0) is 5.86. The van der Waals surface area contributed by atoms with Crippen LogP contribution in [0, 0.1) is 0 Å². The van der Waals surface area contributed by atoms with Crippen molar-refractivity contribution in [2.45, 2.75) is 0 Å². The number of rotatable bonds is 2. The first-order valence-electron chi connectivity index (χ1n) is 2.02. The van der Waals surface area contributed by atoms with Crippen LogP contribution >= 0.6 is 0 Å². The fraction of sp³-hybridized carbons (Fsp3) is 1.00. The summed E-state index contributed by atoms with van der Waals surface area (Å²) in [7, 11) is 5.06. The van der Waals surface area contributed by atoms with Crippen LogP contribution in [0.2, 0.25) is 0 Å². The van der Waals surface area contributed by atoms with Crippen LogP contribution in [0.3, 0.4) is 0 Å². The molecule has 0 aromatic carbocycles. The first kappa shape index (κ1) is 6.84. The highest BCUT2D eigenvalue weighted by atomic mass is 16.6. The molecule has 0 unspecified atom stereocenters. The SMILES string of the molecule is CNN(O)N(C)C. The van der Waals surface area contributed by atoms with Crippen LogP contribution in [0.25, 0.3) is 0 Å². The van der Waals surface area contributed by atoms with Crippen LogP contribution in [-0.2, 0) is 0 Å². The molecular formula is C3H11N3O. The molecule has 0 radical (unpaired) electrons. The average Bonchev–Trinajstić information content (AvgIpc) is 1.65. The lowest BCUT2D eigenvalue weighted by molar-refractivity contribution is -0.258. The molecule has 0 saturated carbocycles. The van der Waals surface area contributed by atoms with E-state index in [2.05, 4.69) is 5.43 Å². The second kappa shape index (κ2) is 2.92. The minimum atomic E-state index is 0.875. The number of hydrazine groups is 2. The van der Waals surface area contributed by atoms with Crippen LogP contribution in [0.1, 0.15) is 0 Å². The molecule has 0 fully saturated rings. The van der Waals surface area contributed by atoms with Gasteiger partial charge in [-0.3, -0.25) is 5.21 Å². The maximum Gasteiger partial charge on any atom is 0.00515 e. The fourth-order valence-corrected chi connectivity index (χ4v) is 0.200. The molecule has 4 nitrogen and oxygen atoms in total. The van der Waals surface area contributed by atoms with Gasteiger partial charge >= 0.3 is 0 Å². The minimum Gasteiger partial charge on any atom is -0.285 e. The van der Waals surface area contributed by atoms with Crippen molar-refractivity contribution < 1.29 is 5.21 Å². The Balaban J connectivity index is 3.14. The van der Waals surface area contributed by atoms with Crippen LogP contribution < -0.4 is 5.43 Å². The molecule has 0 bridgehead atoms. The number of hydrogen-bond donors (Lipinski definition) is 2. The van der Waals surface area contributed by atoms with Crippen molar-refractivity contribution in [2.24, 2.45) is 0 Å². The summed E-state index contributed by atoms with van der Waals surface area (Å²) >= 11 is 0. The van der Waals surface area contributed by atoms with E-state index in [1.54, 1.807) is 21.1 Å². The molecule has 4 heteroatoms. The van der Waals surface area contributed by atoms with Gasteiger partial charge in [-0.25, -0.2) is 10.4 Å². The van der Waals surface area contributed by atoms with Gasteiger partial charge in [-0.15, -0.1) is 0 Å². The summed E-state index contributed by atoms with van der Waals surface area (Å²) in [4.78, 5) is 0. The Bertz CT molecular complexity index is 47.4. The van der Waals surface area contributed by atoms with E-state index in [0.717, 1.165) is 5.28 Å². The van der Waals surface area contributed by atoms with Gasteiger partial charge in [0.1, 0.15) is 0 Å². The molecule has 0 rings (SSSR count). The van der Waals surface area contributed by atoms with Crippen molar-refractivity contribution in [3.63, 3.8) is 0 Å². The van der Waals surface area contributed by atoms with Crippen LogP contribution in [0.15, 0.2) is 0 Å². The fourth-order valence-electron chi connectivity index (χ4n) is 0.200. The maximum absolute atomic E-state index is 8.58. The highest BCUT2D eigenvalue weighted by Crippen LogP contribution is 1.72. The second-order valence-corrected chi connectivity index (χ2v) is 1.36. The predicted molar refractivity (Wildman–Crippen MR) is 26.4 cm³/mol. The molecule has 0 aliphatic heterocycles. The molecule has 0 amide bonds. The molecule has 44 valence electrons. The van der Waals surface area contributed by atoms with E-state index in [9.17, 15) is 0 Å². The van der Waals surface area contributed by atoms with Gasteiger partial charge in [-0.2, -0.15) is 0 Å². The van der Waals surface area contributed by atoms with Crippen molar-refractivity contribution >= 4 is 0 Å². The minimum absolute atomic E-state index is 0.875. The van der Waals surface area contributed by atoms with Crippen LogP contribution in [-0.4, -0.2) is 36.6 Å². The molecule has 0 spiro atoms. The van der Waals surface area contributed by atoms with Crippen molar-refractivity contribution in [1.29, 1.82) is 0 Å².